The van der Waals surface area contributed by atoms with Crippen molar-refractivity contribution in [3.8, 4) is 0 Å². The molecule has 1 aromatic carbocycles. The minimum absolute atomic E-state index is 0.0284. The molecule has 0 spiro atoms. The molecule has 0 bridgehead atoms. The first-order valence-electron chi connectivity index (χ1n) is 16.0. The summed E-state index contributed by atoms with van der Waals surface area (Å²) >= 11 is 5.89. The molecule has 7 heteroatoms. The highest BCUT2D eigenvalue weighted by atomic mass is 35.5. The van der Waals surface area contributed by atoms with Gasteiger partial charge in [-0.2, -0.15) is 0 Å². The average Bonchev–Trinajstić information content (AvgIpc) is 3.38. The summed E-state index contributed by atoms with van der Waals surface area (Å²) in [6.45, 7) is 26.1. The molecule has 1 aromatic heterocycles. The van der Waals surface area contributed by atoms with Gasteiger partial charge in [0.1, 0.15) is 5.82 Å². The van der Waals surface area contributed by atoms with E-state index in [0.29, 0.717) is 10.7 Å². The molecule has 1 unspecified atom stereocenters. The van der Waals surface area contributed by atoms with Crippen LogP contribution in [0.2, 0.25) is 0 Å². The molecule has 0 fully saturated rings. The van der Waals surface area contributed by atoms with E-state index < -0.39 is 0 Å². The molecule has 0 amide bonds. The monoisotopic (exact) mass is 630 g/mol. The van der Waals surface area contributed by atoms with Gasteiger partial charge in [0.05, 0.1) is 5.69 Å². The quantitative estimate of drug-likeness (QED) is 0.181. The Kier molecular flexibility index (Phi) is 22.2. The number of aromatic nitrogens is 1. The van der Waals surface area contributed by atoms with Crippen LogP contribution in [0.5, 0.6) is 0 Å². The fraction of sp³-hybridized carbons (Fsp3) is 0.541. The maximum Gasteiger partial charge on any atom is 0.175 e. The van der Waals surface area contributed by atoms with Crippen LogP contribution in [0, 0.1) is 18.7 Å². The first-order chi connectivity index (χ1) is 20.8. The van der Waals surface area contributed by atoms with Gasteiger partial charge in [0.2, 0.25) is 0 Å². The Labute approximate surface area is 273 Å². The highest BCUT2D eigenvalue weighted by Gasteiger charge is 2.11. The van der Waals surface area contributed by atoms with E-state index in [0.717, 1.165) is 61.8 Å². The molecule has 2 N–H and O–H groups in total. The number of carbonyl (C=O) groups excluding carboxylic acids is 1. The van der Waals surface area contributed by atoms with Gasteiger partial charge < -0.3 is 20.1 Å². The standard InChI is InChI=1S/C16H35N3.C14H18ClNO.C7H7F/c1-7-15(3)14-16(4)19(13-10-17-5)12-9-11-18(6)8-2;1-5-9(2)6-14-12(7-10(3)15)8-13(16-14)11(4)17;1-6-2-4-7(8)5-3-6/h15,17H,4,7-14H2,1-3,5-6H3;6-8,16H,5H2,1-4H3;2-5H,1H3/b;9-6?,10-7+;. The van der Waals surface area contributed by atoms with Crippen molar-refractivity contribution in [3.63, 3.8) is 0 Å². The zero-order valence-electron chi connectivity index (χ0n) is 29.2. The number of allylic oxidation sites excluding steroid dienone is 3. The average molecular weight is 631 g/mol. The molecule has 1 heterocycles. The smallest absolute Gasteiger partial charge is 0.175 e. The predicted octanol–water partition coefficient (Wildman–Crippen LogP) is 9.56. The van der Waals surface area contributed by atoms with Crippen LogP contribution in [0.3, 0.4) is 0 Å². The zero-order chi connectivity index (χ0) is 33.7. The molecular formula is C37H60ClFN4O. The molecule has 2 aromatic rings. The lowest BCUT2D eigenvalue weighted by molar-refractivity contribution is 0.101. The number of nitrogens with one attached hydrogen (secondary N) is 2. The Morgan fingerprint density at radius 2 is 1.73 bits per heavy atom. The van der Waals surface area contributed by atoms with Crippen molar-refractivity contribution in [1.29, 1.82) is 0 Å². The van der Waals surface area contributed by atoms with Gasteiger partial charge in [-0.15, -0.1) is 0 Å². The van der Waals surface area contributed by atoms with Crippen LogP contribution < -0.4 is 5.32 Å². The third-order valence-corrected chi connectivity index (χ3v) is 7.55. The van der Waals surface area contributed by atoms with Crippen LogP contribution in [0.4, 0.5) is 4.39 Å². The minimum atomic E-state index is -0.171. The molecule has 0 saturated carbocycles. The molecular weight excluding hydrogens is 571 g/mol. The Morgan fingerprint density at radius 1 is 1.09 bits per heavy atom. The summed E-state index contributed by atoms with van der Waals surface area (Å²) in [5.41, 5.74) is 6.16. The first-order valence-corrected chi connectivity index (χ1v) is 16.4. The highest BCUT2D eigenvalue weighted by Crippen LogP contribution is 2.20. The van der Waals surface area contributed by atoms with E-state index in [1.807, 2.05) is 33.0 Å². The number of hydrogen-bond acceptors (Lipinski definition) is 4. The number of nitrogens with zero attached hydrogens (tertiary/aromatic N) is 2. The van der Waals surface area contributed by atoms with Gasteiger partial charge in [-0.05, 0) is 103 Å². The summed E-state index contributed by atoms with van der Waals surface area (Å²) in [4.78, 5) is 19.3. The number of likely N-dealkylation sites (N-methyl/N-ethyl adjacent to an activating group) is 1. The van der Waals surface area contributed by atoms with Gasteiger partial charge in [-0.1, -0.05) is 75.6 Å². The Morgan fingerprint density at radius 3 is 2.20 bits per heavy atom. The molecule has 44 heavy (non-hydrogen) atoms. The Hall–Kier alpha value is -2.67. The minimum Gasteiger partial charge on any atom is -0.374 e. The fourth-order valence-corrected chi connectivity index (χ4v) is 4.17. The topological polar surface area (TPSA) is 51.4 Å². The molecule has 1 atom stereocenters. The van der Waals surface area contributed by atoms with E-state index in [2.05, 4.69) is 74.4 Å². The lowest BCUT2D eigenvalue weighted by Crippen LogP contribution is -2.33. The van der Waals surface area contributed by atoms with Gasteiger partial charge in [0, 0.05) is 48.5 Å². The third-order valence-electron chi connectivity index (χ3n) is 7.44. The second-order valence-corrected chi connectivity index (χ2v) is 12.2. The van der Waals surface area contributed by atoms with Crippen molar-refractivity contribution in [2.75, 3.05) is 46.8 Å². The van der Waals surface area contributed by atoms with Crippen LogP contribution >= 0.6 is 11.6 Å². The lowest BCUT2D eigenvalue weighted by atomic mass is 10.0. The van der Waals surface area contributed by atoms with Crippen molar-refractivity contribution in [3.05, 3.63) is 81.5 Å². The van der Waals surface area contributed by atoms with Gasteiger partial charge in [-0.3, -0.25) is 4.79 Å². The summed E-state index contributed by atoms with van der Waals surface area (Å²) in [5.74, 6) is 0.596. The number of ketones is 1. The fourth-order valence-electron chi connectivity index (χ4n) is 4.05. The molecule has 0 aliphatic carbocycles. The van der Waals surface area contributed by atoms with Crippen LogP contribution in [-0.4, -0.2) is 67.4 Å². The van der Waals surface area contributed by atoms with E-state index >= 15 is 0 Å². The number of halogens is 2. The third kappa shape index (κ3) is 18.9. The highest BCUT2D eigenvalue weighted by molar-refractivity contribution is 6.31. The van der Waals surface area contributed by atoms with Gasteiger partial charge >= 0.3 is 0 Å². The van der Waals surface area contributed by atoms with E-state index in [9.17, 15) is 9.18 Å². The second-order valence-electron chi connectivity index (χ2n) is 11.6. The van der Waals surface area contributed by atoms with Crippen LogP contribution in [-0.2, 0) is 0 Å². The molecule has 5 nitrogen and oxygen atoms in total. The normalized spacial score (nSPS) is 12.2. The van der Waals surface area contributed by atoms with E-state index in [-0.39, 0.29) is 11.6 Å². The maximum atomic E-state index is 12.1. The number of carbonyl (C=O) groups is 1. The number of benzene rings is 1. The van der Waals surface area contributed by atoms with Gasteiger partial charge in [-0.25, -0.2) is 4.39 Å². The molecule has 0 aliphatic rings. The summed E-state index contributed by atoms with van der Waals surface area (Å²) < 4.78 is 12.1. The number of aryl methyl sites for hydroxylation is 1. The predicted molar refractivity (Wildman–Crippen MR) is 192 cm³/mol. The first kappa shape index (κ1) is 41.3. The Bertz CT molecular complexity index is 1130. The van der Waals surface area contributed by atoms with Gasteiger partial charge in [0.15, 0.2) is 5.78 Å². The van der Waals surface area contributed by atoms with Crippen molar-refractivity contribution in [2.45, 2.75) is 81.1 Å². The van der Waals surface area contributed by atoms with Crippen LogP contribution in [0.25, 0.3) is 12.2 Å². The van der Waals surface area contributed by atoms with Crippen molar-refractivity contribution in [2.24, 2.45) is 5.92 Å². The van der Waals surface area contributed by atoms with Crippen molar-refractivity contribution in [1.82, 2.24) is 20.1 Å². The van der Waals surface area contributed by atoms with Crippen LogP contribution in [0.1, 0.15) is 101 Å². The summed E-state index contributed by atoms with van der Waals surface area (Å²) in [5, 5.41) is 3.93. The number of hydrogen-bond donors (Lipinski definition) is 2. The number of rotatable bonds is 16. The Balaban J connectivity index is 0.000000676. The summed E-state index contributed by atoms with van der Waals surface area (Å²) in [6.07, 6.45) is 8.48. The largest absolute Gasteiger partial charge is 0.374 e. The summed E-state index contributed by atoms with van der Waals surface area (Å²) in [7, 11) is 4.20. The zero-order valence-corrected chi connectivity index (χ0v) is 30.0. The molecule has 0 aliphatic heterocycles. The SMILES string of the molecule is C=C(CC(C)CC)N(CCCN(C)CC)CCNC.CCC(C)=Cc1[nH]c(C(C)=O)cc1/C=C(\C)Cl.Cc1ccc(F)cc1. The second kappa shape index (κ2) is 23.7. The molecule has 248 valence electrons. The number of Topliss-reactive ketones (excluding diaryl/α,β-unsaturated/α-hetero) is 1. The number of aromatic amines is 1. The van der Waals surface area contributed by atoms with Crippen molar-refractivity contribution < 1.29 is 9.18 Å². The molecule has 0 radical (unpaired) electrons. The van der Waals surface area contributed by atoms with Gasteiger partial charge in [0.25, 0.3) is 0 Å². The molecule has 0 saturated heterocycles. The van der Waals surface area contributed by atoms with Crippen molar-refractivity contribution >= 4 is 29.5 Å². The molecule has 2 rings (SSSR count). The number of H-pyrrole nitrogens is 1. The van der Waals surface area contributed by atoms with E-state index in [4.69, 9.17) is 11.6 Å². The lowest BCUT2D eigenvalue weighted by Gasteiger charge is -2.29. The van der Waals surface area contributed by atoms with E-state index in [1.54, 1.807) is 19.1 Å². The van der Waals surface area contributed by atoms with Crippen LogP contribution in [0.15, 0.2) is 53.2 Å². The maximum absolute atomic E-state index is 12.1. The van der Waals surface area contributed by atoms with E-state index in [1.165, 1.54) is 42.8 Å². The summed E-state index contributed by atoms with van der Waals surface area (Å²) in [6, 6.07) is 8.23.